The number of fused-ring (bicyclic) bond motifs is 1. The molecule has 0 amide bonds. The number of methoxy groups -OCH3 is 1. The van der Waals surface area contributed by atoms with Gasteiger partial charge in [0.25, 0.3) is 0 Å². The van der Waals surface area contributed by atoms with Crippen molar-refractivity contribution < 1.29 is 14.3 Å². The van der Waals surface area contributed by atoms with Crippen LogP contribution in [0.2, 0.25) is 0 Å². The molecule has 0 atom stereocenters. The number of hydrogen-bond donors (Lipinski definition) is 0. The minimum atomic E-state index is -0.193. The minimum absolute atomic E-state index is 0.165. The zero-order chi connectivity index (χ0) is 21.6. The Balaban J connectivity index is 1.62. The molecule has 3 rings (SSSR count). The highest BCUT2D eigenvalue weighted by molar-refractivity contribution is 9.10. The van der Waals surface area contributed by atoms with E-state index in [4.69, 9.17) is 14.5 Å². The molecule has 30 heavy (non-hydrogen) atoms. The van der Waals surface area contributed by atoms with Crippen LogP contribution < -0.4 is 4.74 Å². The van der Waals surface area contributed by atoms with E-state index in [1.165, 1.54) is 7.11 Å². The quantitative estimate of drug-likeness (QED) is 0.353. The fraction of sp³-hybridized carbons (Fsp3) is 0.280. The maximum Gasteiger partial charge on any atom is 0.306 e. The Hall–Kier alpha value is -2.66. The average molecular weight is 468 g/mol. The van der Waals surface area contributed by atoms with E-state index in [1.807, 2.05) is 74.5 Å². The maximum atomic E-state index is 11.5. The second kappa shape index (κ2) is 9.90. The molecule has 5 heteroatoms. The topological polar surface area (TPSA) is 48.4 Å². The molecule has 0 aliphatic carbocycles. The van der Waals surface area contributed by atoms with Crippen LogP contribution in [-0.2, 0) is 9.53 Å². The molecule has 0 unspecified atom stereocenters. The third-order valence-corrected chi connectivity index (χ3v) is 5.37. The Morgan fingerprint density at radius 1 is 1.10 bits per heavy atom. The molecular weight excluding hydrogens is 442 g/mol. The van der Waals surface area contributed by atoms with E-state index >= 15 is 0 Å². The van der Waals surface area contributed by atoms with Crippen molar-refractivity contribution in [3.8, 4) is 5.75 Å². The Morgan fingerprint density at radius 2 is 1.90 bits per heavy atom. The van der Waals surface area contributed by atoms with Gasteiger partial charge >= 0.3 is 5.97 Å². The summed E-state index contributed by atoms with van der Waals surface area (Å²) in [5.74, 6) is 0.614. The summed E-state index contributed by atoms with van der Waals surface area (Å²) in [5, 5.41) is 1.11. The second-order valence-corrected chi connectivity index (χ2v) is 8.91. The number of hydrogen-bond acceptors (Lipinski definition) is 4. The van der Waals surface area contributed by atoms with E-state index in [-0.39, 0.29) is 11.4 Å². The number of carbonyl (C=O) groups excluding carboxylic acids is 1. The summed E-state index contributed by atoms with van der Waals surface area (Å²) in [6.45, 7) is 4.63. The summed E-state index contributed by atoms with van der Waals surface area (Å²) in [4.78, 5) is 16.2. The highest BCUT2D eigenvalue weighted by atomic mass is 79.9. The van der Waals surface area contributed by atoms with Gasteiger partial charge in [0.15, 0.2) is 0 Å². The highest BCUT2D eigenvalue weighted by Gasteiger charge is 2.22. The van der Waals surface area contributed by atoms with E-state index < -0.39 is 0 Å². The summed E-state index contributed by atoms with van der Waals surface area (Å²) >= 11 is 3.49. The average Bonchev–Trinajstić information content (AvgIpc) is 2.71. The lowest BCUT2D eigenvalue weighted by atomic mass is 9.86. The second-order valence-electron chi connectivity index (χ2n) is 7.99. The van der Waals surface area contributed by atoms with E-state index in [9.17, 15) is 4.79 Å². The molecule has 0 N–H and O–H groups in total. The molecule has 0 aliphatic heterocycles. The fourth-order valence-corrected chi connectivity index (χ4v) is 3.43. The van der Waals surface area contributed by atoms with E-state index in [2.05, 4.69) is 22.0 Å². The number of carbonyl (C=O) groups is 1. The molecule has 0 saturated carbocycles. The van der Waals surface area contributed by atoms with Gasteiger partial charge in [-0.25, -0.2) is 4.98 Å². The van der Waals surface area contributed by atoms with Crippen molar-refractivity contribution >= 4 is 45.0 Å². The molecule has 0 spiro atoms. The smallest absolute Gasteiger partial charge is 0.306 e. The van der Waals surface area contributed by atoms with Crippen LogP contribution in [0, 0.1) is 5.41 Å². The van der Waals surface area contributed by atoms with Crippen LogP contribution in [-0.4, -0.2) is 24.7 Å². The summed E-state index contributed by atoms with van der Waals surface area (Å²) in [5.41, 5.74) is 2.73. The largest absolute Gasteiger partial charge is 0.494 e. The Labute approximate surface area is 186 Å². The van der Waals surface area contributed by atoms with Crippen molar-refractivity contribution in [2.24, 2.45) is 5.41 Å². The van der Waals surface area contributed by atoms with Crippen LogP contribution in [0.15, 0.2) is 59.1 Å². The first kappa shape index (κ1) is 22.0. The lowest BCUT2D eigenvalue weighted by Crippen LogP contribution is -2.20. The van der Waals surface area contributed by atoms with Crippen molar-refractivity contribution in [1.82, 2.24) is 4.98 Å². The predicted molar refractivity (Wildman–Crippen MR) is 125 cm³/mol. The lowest BCUT2D eigenvalue weighted by molar-refractivity contribution is -0.143. The monoisotopic (exact) mass is 467 g/mol. The highest BCUT2D eigenvalue weighted by Crippen LogP contribution is 2.26. The summed E-state index contributed by atoms with van der Waals surface area (Å²) in [7, 11) is 1.42. The van der Waals surface area contributed by atoms with Gasteiger partial charge in [-0.15, -0.1) is 0 Å². The van der Waals surface area contributed by atoms with Gasteiger partial charge in [-0.1, -0.05) is 60.1 Å². The van der Waals surface area contributed by atoms with Crippen LogP contribution in [0.25, 0.3) is 23.1 Å². The zero-order valence-electron chi connectivity index (χ0n) is 17.5. The van der Waals surface area contributed by atoms with E-state index in [0.717, 1.165) is 38.8 Å². The summed E-state index contributed by atoms with van der Waals surface area (Å²) in [6.07, 6.45) is 5.17. The molecule has 0 radical (unpaired) electrons. The number of esters is 1. The SMILES string of the molecule is COC(=O)CC(C)(C)CCOc1cccc(/C=C/c2ccc3ccc(Br)cc3n2)c1. The molecular formula is C25H26BrNO3. The molecule has 0 fully saturated rings. The van der Waals surface area contributed by atoms with Crippen molar-refractivity contribution in [3.63, 3.8) is 0 Å². The maximum absolute atomic E-state index is 11.5. The van der Waals surface area contributed by atoms with Gasteiger partial charge < -0.3 is 9.47 Å². The number of pyridine rings is 1. The molecule has 156 valence electrons. The van der Waals surface area contributed by atoms with Crippen LogP contribution in [0.3, 0.4) is 0 Å². The predicted octanol–water partition coefficient (Wildman–Crippen LogP) is 6.53. The zero-order valence-corrected chi connectivity index (χ0v) is 19.1. The Kier molecular flexibility index (Phi) is 7.27. The first-order chi connectivity index (χ1) is 14.3. The first-order valence-corrected chi connectivity index (χ1v) is 10.7. The number of ether oxygens (including phenoxy) is 2. The van der Waals surface area contributed by atoms with Gasteiger partial charge in [0.1, 0.15) is 5.75 Å². The molecule has 1 heterocycles. The number of nitrogens with zero attached hydrogens (tertiary/aromatic N) is 1. The molecule has 0 bridgehead atoms. The van der Waals surface area contributed by atoms with E-state index in [1.54, 1.807) is 0 Å². The van der Waals surface area contributed by atoms with E-state index in [0.29, 0.717) is 13.0 Å². The Bertz CT molecular complexity index is 1060. The number of benzene rings is 2. The number of aromatic nitrogens is 1. The number of halogens is 1. The first-order valence-electron chi connectivity index (χ1n) is 9.89. The minimum Gasteiger partial charge on any atom is -0.494 e. The van der Waals surface area contributed by atoms with Gasteiger partial charge in [0.2, 0.25) is 0 Å². The van der Waals surface area contributed by atoms with Crippen LogP contribution in [0.1, 0.15) is 37.9 Å². The van der Waals surface area contributed by atoms with Crippen molar-refractivity contribution in [2.75, 3.05) is 13.7 Å². The third kappa shape index (κ3) is 6.42. The van der Waals surface area contributed by atoms with Crippen molar-refractivity contribution in [2.45, 2.75) is 26.7 Å². The summed E-state index contributed by atoms with van der Waals surface area (Å²) in [6, 6.07) is 18.1. The van der Waals surface area contributed by atoms with Crippen molar-refractivity contribution in [3.05, 3.63) is 70.3 Å². The number of rotatable bonds is 8. The molecule has 4 nitrogen and oxygen atoms in total. The molecule has 0 aliphatic rings. The normalized spacial score (nSPS) is 11.7. The Morgan fingerprint density at radius 3 is 2.70 bits per heavy atom. The third-order valence-electron chi connectivity index (χ3n) is 4.88. The van der Waals surface area contributed by atoms with Gasteiger partial charge in [-0.2, -0.15) is 0 Å². The standard InChI is InChI=1S/C25H26BrNO3/c1-25(2,17-24(28)29-3)13-14-30-22-6-4-5-18(15-22)7-11-21-12-9-19-8-10-20(26)16-23(19)27-21/h4-12,15-16H,13-14,17H2,1-3H3/b11-7+. The van der Waals surface area contributed by atoms with Gasteiger partial charge in [-0.05, 0) is 53.8 Å². The van der Waals surface area contributed by atoms with Crippen LogP contribution in [0.5, 0.6) is 5.75 Å². The van der Waals surface area contributed by atoms with Crippen LogP contribution >= 0.6 is 15.9 Å². The molecule has 3 aromatic rings. The summed E-state index contributed by atoms with van der Waals surface area (Å²) < 4.78 is 11.7. The molecule has 2 aromatic carbocycles. The van der Waals surface area contributed by atoms with Gasteiger partial charge in [0, 0.05) is 9.86 Å². The fourth-order valence-electron chi connectivity index (χ4n) is 3.08. The van der Waals surface area contributed by atoms with Crippen molar-refractivity contribution in [1.29, 1.82) is 0 Å². The molecule has 1 aromatic heterocycles. The molecule has 0 saturated heterocycles. The van der Waals surface area contributed by atoms with Gasteiger partial charge in [0.05, 0.1) is 31.3 Å². The van der Waals surface area contributed by atoms with Gasteiger partial charge in [-0.3, -0.25) is 4.79 Å². The lowest BCUT2D eigenvalue weighted by Gasteiger charge is -2.23. The van der Waals surface area contributed by atoms with Crippen LogP contribution in [0.4, 0.5) is 0 Å².